The predicted molar refractivity (Wildman–Crippen MR) is 96.3 cm³/mol. The van der Waals surface area contributed by atoms with Crippen molar-refractivity contribution in [2.24, 2.45) is 0 Å². The molecule has 2 aromatic heterocycles. The predicted octanol–water partition coefficient (Wildman–Crippen LogP) is 2.45. The summed E-state index contributed by atoms with van der Waals surface area (Å²) in [5, 5.41) is 10.4. The Morgan fingerprint density at radius 1 is 1.14 bits per heavy atom. The van der Waals surface area contributed by atoms with Crippen LogP contribution in [-0.2, 0) is 0 Å². The number of anilines is 3. The average molecular weight is 386 g/mol. The summed E-state index contributed by atoms with van der Waals surface area (Å²) in [7, 11) is 0. The Balaban J connectivity index is 1.42. The summed E-state index contributed by atoms with van der Waals surface area (Å²) in [4.78, 5) is 20.3. The van der Waals surface area contributed by atoms with Gasteiger partial charge in [0, 0.05) is 32.2 Å². The highest BCUT2D eigenvalue weighted by molar-refractivity contribution is 5.91. The summed E-state index contributed by atoms with van der Waals surface area (Å²) in [6.45, 7) is 2.10. The largest absolute Gasteiger partial charge is 0.459 e. The van der Waals surface area contributed by atoms with Gasteiger partial charge in [0.25, 0.3) is 5.91 Å². The van der Waals surface area contributed by atoms with Crippen molar-refractivity contribution in [1.29, 1.82) is 0 Å². The van der Waals surface area contributed by atoms with Crippen molar-refractivity contribution in [1.82, 2.24) is 20.1 Å². The van der Waals surface area contributed by atoms with Crippen molar-refractivity contribution < 1.29 is 18.0 Å². The van der Waals surface area contributed by atoms with E-state index in [-0.39, 0.29) is 17.5 Å². The smallest absolute Gasteiger partial charge is 0.289 e. The third-order valence-electron chi connectivity index (χ3n) is 4.35. The Bertz CT molecular complexity index is 974. The van der Waals surface area contributed by atoms with Gasteiger partial charge in [-0.25, -0.2) is 8.78 Å². The third-order valence-corrected chi connectivity index (χ3v) is 4.35. The molecule has 10 heteroatoms. The van der Waals surface area contributed by atoms with Gasteiger partial charge in [-0.15, -0.1) is 5.10 Å². The number of hydrogen-bond acceptors (Lipinski definition) is 7. The molecule has 28 heavy (non-hydrogen) atoms. The molecule has 0 aliphatic carbocycles. The molecule has 0 unspecified atom stereocenters. The van der Waals surface area contributed by atoms with Gasteiger partial charge >= 0.3 is 0 Å². The summed E-state index contributed by atoms with van der Waals surface area (Å²) in [5.41, 5.74) is 0.0502. The average Bonchev–Trinajstić information content (AvgIpc) is 3.25. The number of carbonyl (C=O) groups excluding carboxylic acids is 1. The zero-order chi connectivity index (χ0) is 19.5. The summed E-state index contributed by atoms with van der Waals surface area (Å²) in [5.74, 6) is -0.622. The van der Waals surface area contributed by atoms with Gasteiger partial charge in [0.05, 0.1) is 18.1 Å². The number of furan rings is 1. The molecular weight excluding hydrogens is 370 g/mol. The fourth-order valence-electron chi connectivity index (χ4n) is 2.91. The molecule has 3 heterocycles. The lowest BCUT2D eigenvalue weighted by Gasteiger charge is -2.34. The van der Waals surface area contributed by atoms with E-state index in [0.717, 1.165) is 12.1 Å². The number of halogens is 2. The van der Waals surface area contributed by atoms with Gasteiger partial charge in [-0.2, -0.15) is 10.1 Å². The van der Waals surface area contributed by atoms with Crippen molar-refractivity contribution in [3.63, 3.8) is 0 Å². The molecule has 1 aromatic carbocycles. The van der Waals surface area contributed by atoms with Crippen LogP contribution in [0.1, 0.15) is 10.6 Å². The number of aromatic nitrogens is 3. The van der Waals surface area contributed by atoms with Gasteiger partial charge in [0.1, 0.15) is 11.6 Å². The van der Waals surface area contributed by atoms with Crippen molar-refractivity contribution in [3.8, 4) is 0 Å². The lowest BCUT2D eigenvalue weighted by Crippen LogP contribution is -2.49. The molecule has 0 radical (unpaired) electrons. The minimum atomic E-state index is -0.751. The summed E-state index contributed by atoms with van der Waals surface area (Å²) in [6.07, 6.45) is 2.96. The molecular formula is C18H16F2N6O2. The Kier molecular flexibility index (Phi) is 4.83. The van der Waals surface area contributed by atoms with Crippen LogP contribution in [0, 0.1) is 11.6 Å². The first-order valence-electron chi connectivity index (χ1n) is 8.60. The number of nitrogens with zero attached hydrogens (tertiary/aromatic N) is 5. The second kappa shape index (κ2) is 7.59. The quantitative estimate of drug-likeness (QED) is 0.737. The second-order valence-electron chi connectivity index (χ2n) is 6.14. The molecule has 144 valence electrons. The molecule has 0 atom stereocenters. The highest BCUT2D eigenvalue weighted by Crippen LogP contribution is 2.20. The van der Waals surface area contributed by atoms with Crippen LogP contribution in [0.15, 0.2) is 47.2 Å². The maximum Gasteiger partial charge on any atom is 0.289 e. The summed E-state index contributed by atoms with van der Waals surface area (Å²) in [6, 6.07) is 6.48. The highest BCUT2D eigenvalue weighted by atomic mass is 19.1. The van der Waals surface area contributed by atoms with Crippen molar-refractivity contribution in [2.75, 3.05) is 36.4 Å². The number of nitrogens with one attached hydrogen (secondary N) is 1. The maximum atomic E-state index is 13.8. The number of hydrogen-bond donors (Lipinski definition) is 1. The number of amides is 1. The standard InChI is InChI=1S/C18H16F2N6O2/c19-12-3-4-14(13(20)10-12)22-18-23-16(11-21-24-18)25-5-7-26(8-6-25)17(27)15-2-1-9-28-15/h1-4,9-11H,5-8H2,(H,22,23,24). The molecule has 0 bridgehead atoms. The minimum absolute atomic E-state index is 0.0502. The highest BCUT2D eigenvalue weighted by Gasteiger charge is 2.24. The van der Waals surface area contributed by atoms with E-state index in [0.29, 0.717) is 37.8 Å². The second-order valence-corrected chi connectivity index (χ2v) is 6.14. The van der Waals surface area contributed by atoms with Crippen LogP contribution in [0.25, 0.3) is 0 Å². The lowest BCUT2D eigenvalue weighted by atomic mass is 10.3. The van der Waals surface area contributed by atoms with Crippen LogP contribution < -0.4 is 10.2 Å². The monoisotopic (exact) mass is 386 g/mol. The number of rotatable bonds is 4. The van der Waals surface area contributed by atoms with E-state index in [1.165, 1.54) is 18.5 Å². The van der Waals surface area contributed by atoms with Crippen LogP contribution in [0.4, 0.5) is 26.2 Å². The molecule has 1 aliphatic heterocycles. The van der Waals surface area contributed by atoms with E-state index < -0.39 is 11.6 Å². The van der Waals surface area contributed by atoms with Gasteiger partial charge in [-0.1, -0.05) is 0 Å². The van der Waals surface area contributed by atoms with E-state index in [4.69, 9.17) is 4.42 Å². The first kappa shape index (κ1) is 17.8. The van der Waals surface area contributed by atoms with E-state index in [2.05, 4.69) is 20.5 Å². The lowest BCUT2D eigenvalue weighted by molar-refractivity contribution is 0.0714. The first-order valence-corrected chi connectivity index (χ1v) is 8.60. The van der Waals surface area contributed by atoms with Gasteiger partial charge < -0.3 is 19.5 Å². The molecule has 0 saturated carbocycles. The SMILES string of the molecule is O=C(c1ccco1)N1CCN(c2cnnc(Nc3ccc(F)cc3F)n2)CC1. The molecule has 1 amide bonds. The van der Waals surface area contributed by atoms with E-state index in [1.54, 1.807) is 17.0 Å². The van der Waals surface area contributed by atoms with E-state index in [9.17, 15) is 13.6 Å². The molecule has 1 fully saturated rings. The summed E-state index contributed by atoms with van der Waals surface area (Å²) < 4.78 is 32.0. The van der Waals surface area contributed by atoms with Gasteiger partial charge in [-0.3, -0.25) is 4.79 Å². The van der Waals surface area contributed by atoms with Crippen molar-refractivity contribution >= 4 is 23.4 Å². The van der Waals surface area contributed by atoms with Gasteiger partial charge in [0.2, 0.25) is 5.95 Å². The van der Waals surface area contributed by atoms with Crippen molar-refractivity contribution in [2.45, 2.75) is 0 Å². The number of carbonyl (C=O) groups is 1. The van der Waals surface area contributed by atoms with Crippen LogP contribution in [0.2, 0.25) is 0 Å². The fraction of sp³-hybridized carbons (Fsp3) is 0.222. The molecule has 0 spiro atoms. The maximum absolute atomic E-state index is 13.8. The van der Waals surface area contributed by atoms with Gasteiger partial charge in [0.15, 0.2) is 11.6 Å². The zero-order valence-corrected chi connectivity index (χ0v) is 14.7. The molecule has 1 aliphatic rings. The Morgan fingerprint density at radius 3 is 2.68 bits per heavy atom. The topological polar surface area (TPSA) is 87.4 Å². The minimum Gasteiger partial charge on any atom is -0.459 e. The van der Waals surface area contributed by atoms with E-state index in [1.807, 2.05) is 4.90 Å². The normalized spacial score (nSPS) is 14.2. The summed E-state index contributed by atoms with van der Waals surface area (Å²) >= 11 is 0. The number of benzene rings is 1. The van der Waals surface area contributed by atoms with Crippen LogP contribution in [-0.4, -0.2) is 52.2 Å². The Labute approximate surface area is 158 Å². The van der Waals surface area contributed by atoms with Crippen LogP contribution in [0.3, 0.4) is 0 Å². The van der Waals surface area contributed by atoms with E-state index >= 15 is 0 Å². The molecule has 1 saturated heterocycles. The fourth-order valence-corrected chi connectivity index (χ4v) is 2.91. The van der Waals surface area contributed by atoms with Crippen LogP contribution in [0.5, 0.6) is 0 Å². The van der Waals surface area contributed by atoms with Crippen LogP contribution >= 0.6 is 0 Å². The Hall–Kier alpha value is -3.56. The van der Waals surface area contributed by atoms with Crippen molar-refractivity contribution in [3.05, 3.63) is 60.2 Å². The number of piperazine rings is 1. The third kappa shape index (κ3) is 3.75. The molecule has 4 rings (SSSR count). The van der Waals surface area contributed by atoms with Gasteiger partial charge in [-0.05, 0) is 24.3 Å². The zero-order valence-electron chi connectivity index (χ0n) is 14.7. The molecule has 1 N–H and O–H groups in total. The first-order chi connectivity index (χ1) is 13.6. The molecule has 3 aromatic rings. The Morgan fingerprint density at radius 2 is 1.96 bits per heavy atom. The molecule has 8 nitrogen and oxygen atoms in total.